The number of rotatable bonds is 3. The summed E-state index contributed by atoms with van der Waals surface area (Å²) in [5.41, 5.74) is 0.992. The number of carbonyl (C=O) groups excluding carboxylic acids is 1. The van der Waals surface area contributed by atoms with Crippen molar-refractivity contribution in [1.82, 2.24) is 5.32 Å². The fourth-order valence-corrected chi connectivity index (χ4v) is 1.41. The predicted molar refractivity (Wildman–Crippen MR) is 46.7 cm³/mol. The Balaban J connectivity index is 2.32. The van der Waals surface area contributed by atoms with Gasteiger partial charge in [-0.25, -0.2) is 0 Å². The molecular formula is C9H15NO2. The van der Waals surface area contributed by atoms with Crippen molar-refractivity contribution in [2.75, 3.05) is 20.2 Å². The van der Waals surface area contributed by atoms with Crippen molar-refractivity contribution in [1.29, 1.82) is 0 Å². The molecule has 0 radical (unpaired) electrons. The minimum absolute atomic E-state index is 0.188. The van der Waals surface area contributed by atoms with E-state index in [0.717, 1.165) is 25.1 Å². The van der Waals surface area contributed by atoms with Gasteiger partial charge in [0.15, 0.2) is 0 Å². The average molecular weight is 169 g/mol. The average Bonchev–Trinajstić information content (AvgIpc) is 2.56. The number of ether oxygens (including phenoxy) is 1. The number of methoxy groups -OCH3 is 1. The molecule has 0 aromatic rings. The van der Waals surface area contributed by atoms with Crippen molar-refractivity contribution in [2.45, 2.75) is 12.8 Å². The van der Waals surface area contributed by atoms with Crippen LogP contribution in [-0.2, 0) is 9.53 Å². The summed E-state index contributed by atoms with van der Waals surface area (Å²) in [6.45, 7) is 5.87. The minimum atomic E-state index is -0.188. The Morgan fingerprint density at radius 2 is 2.50 bits per heavy atom. The third-order valence-electron chi connectivity index (χ3n) is 2.24. The van der Waals surface area contributed by atoms with Crippen molar-refractivity contribution in [2.24, 2.45) is 5.92 Å². The molecule has 0 aromatic heterocycles. The Morgan fingerprint density at radius 1 is 1.75 bits per heavy atom. The minimum Gasteiger partial charge on any atom is -0.469 e. The smallest absolute Gasteiger partial charge is 0.309 e. The summed E-state index contributed by atoms with van der Waals surface area (Å²) < 4.78 is 4.56. The number of hydrogen-bond donors (Lipinski definition) is 1. The third-order valence-corrected chi connectivity index (χ3v) is 2.24. The first kappa shape index (κ1) is 9.26. The first-order valence-electron chi connectivity index (χ1n) is 4.19. The van der Waals surface area contributed by atoms with E-state index >= 15 is 0 Å². The molecule has 0 aliphatic carbocycles. The Morgan fingerprint density at radius 3 is 3.00 bits per heavy atom. The van der Waals surface area contributed by atoms with Crippen molar-refractivity contribution in [3.8, 4) is 0 Å². The van der Waals surface area contributed by atoms with E-state index in [2.05, 4.69) is 16.6 Å². The lowest BCUT2D eigenvalue weighted by Crippen LogP contribution is -2.12. The van der Waals surface area contributed by atoms with Gasteiger partial charge in [-0.15, -0.1) is 0 Å². The first-order valence-corrected chi connectivity index (χ1v) is 4.19. The van der Waals surface area contributed by atoms with Gasteiger partial charge < -0.3 is 10.1 Å². The van der Waals surface area contributed by atoms with Crippen LogP contribution in [0.4, 0.5) is 0 Å². The van der Waals surface area contributed by atoms with Gasteiger partial charge in [-0.1, -0.05) is 12.2 Å². The summed E-state index contributed by atoms with van der Waals surface area (Å²) in [4.78, 5) is 10.9. The summed E-state index contributed by atoms with van der Waals surface area (Å²) in [6.07, 6.45) is 1.46. The molecule has 1 fully saturated rings. The topological polar surface area (TPSA) is 38.3 Å². The molecule has 1 unspecified atom stereocenters. The molecule has 3 heteroatoms. The van der Waals surface area contributed by atoms with E-state index in [1.165, 1.54) is 7.11 Å². The van der Waals surface area contributed by atoms with Crippen molar-refractivity contribution in [3.05, 3.63) is 12.2 Å². The van der Waals surface area contributed by atoms with E-state index in [1.807, 2.05) is 0 Å². The first-order chi connectivity index (χ1) is 5.74. The number of esters is 1. The summed E-state index contributed by atoms with van der Waals surface area (Å²) >= 11 is 0. The van der Waals surface area contributed by atoms with Crippen molar-refractivity contribution < 1.29 is 9.53 Å². The van der Waals surface area contributed by atoms with E-state index in [4.69, 9.17) is 0 Å². The van der Waals surface area contributed by atoms with Crippen LogP contribution in [-0.4, -0.2) is 26.2 Å². The van der Waals surface area contributed by atoms with Gasteiger partial charge in [0.05, 0.1) is 13.5 Å². The second-order valence-corrected chi connectivity index (χ2v) is 3.10. The van der Waals surface area contributed by atoms with Crippen molar-refractivity contribution >= 4 is 5.97 Å². The van der Waals surface area contributed by atoms with E-state index in [1.54, 1.807) is 0 Å². The molecule has 3 nitrogen and oxygen atoms in total. The van der Waals surface area contributed by atoms with Gasteiger partial charge in [-0.3, -0.25) is 4.79 Å². The highest BCUT2D eigenvalue weighted by atomic mass is 16.5. The highest BCUT2D eigenvalue weighted by molar-refractivity contribution is 5.72. The van der Waals surface area contributed by atoms with Crippen LogP contribution >= 0.6 is 0 Å². The largest absolute Gasteiger partial charge is 0.469 e. The fourth-order valence-electron chi connectivity index (χ4n) is 1.41. The van der Waals surface area contributed by atoms with Crippen LogP contribution in [0.25, 0.3) is 0 Å². The number of hydrogen-bond acceptors (Lipinski definition) is 3. The molecule has 0 bridgehead atoms. The molecule has 0 spiro atoms. The van der Waals surface area contributed by atoms with Crippen LogP contribution in [0.2, 0.25) is 0 Å². The molecule has 68 valence electrons. The maximum Gasteiger partial charge on any atom is 0.309 e. The van der Waals surface area contributed by atoms with Crippen LogP contribution < -0.4 is 5.32 Å². The van der Waals surface area contributed by atoms with E-state index in [9.17, 15) is 4.79 Å². The highest BCUT2D eigenvalue weighted by Crippen LogP contribution is 2.19. The zero-order chi connectivity index (χ0) is 8.97. The quantitative estimate of drug-likeness (QED) is 0.499. The molecule has 1 aliphatic rings. The summed E-state index contributed by atoms with van der Waals surface area (Å²) in [5.74, 6) is 0.274. The van der Waals surface area contributed by atoms with E-state index in [-0.39, 0.29) is 5.97 Å². The molecule has 1 N–H and O–H groups in total. The highest BCUT2D eigenvalue weighted by Gasteiger charge is 2.19. The lowest BCUT2D eigenvalue weighted by Gasteiger charge is -2.10. The van der Waals surface area contributed by atoms with Gasteiger partial charge in [-0.05, 0) is 18.9 Å². The molecule has 1 heterocycles. The third kappa shape index (κ3) is 2.34. The van der Waals surface area contributed by atoms with Gasteiger partial charge >= 0.3 is 5.97 Å². The van der Waals surface area contributed by atoms with Crippen LogP contribution in [0, 0.1) is 5.92 Å². The normalized spacial score (nSPS) is 22.2. The summed E-state index contributed by atoms with van der Waals surface area (Å²) in [6, 6.07) is 0. The fraction of sp³-hybridized carbons (Fsp3) is 0.667. The molecule has 1 atom stereocenters. The summed E-state index contributed by atoms with van der Waals surface area (Å²) in [5, 5.41) is 3.23. The van der Waals surface area contributed by atoms with Crippen LogP contribution in [0.15, 0.2) is 12.2 Å². The molecule has 0 amide bonds. The van der Waals surface area contributed by atoms with Gasteiger partial charge in [-0.2, -0.15) is 0 Å². The molecule has 0 saturated carbocycles. The molecule has 1 saturated heterocycles. The van der Waals surface area contributed by atoms with Crippen LogP contribution in [0.5, 0.6) is 0 Å². The Bertz CT molecular complexity index is 183. The molecule has 1 aliphatic heterocycles. The SMILES string of the molecule is C=C(CC(=O)OC)C1CCNC1. The molecule has 12 heavy (non-hydrogen) atoms. The number of carbonyl (C=O) groups is 1. The monoisotopic (exact) mass is 169 g/mol. The Hall–Kier alpha value is -0.830. The maximum absolute atomic E-state index is 10.9. The lowest BCUT2D eigenvalue weighted by atomic mass is 9.97. The lowest BCUT2D eigenvalue weighted by molar-refractivity contribution is -0.139. The predicted octanol–water partition coefficient (Wildman–Crippen LogP) is 0.715. The number of nitrogens with one attached hydrogen (secondary N) is 1. The summed E-state index contributed by atoms with van der Waals surface area (Å²) in [7, 11) is 1.41. The van der Waals surface area contributed by atoms with E-state index < -0.39 is 0 Å². The molecule has 1 rings (SSSR count). The maximum atomic E-state index is 10.9. The second-order valence-electron chi connectivity index (χ2n) is 3.10. The molecule has 0 aromatic carbocycles. The van der Waals surface area contributed by atoms with Gasteiger partial charge in [0.25, 0.3) is 0 Å². The zero-order valence-electron chi connectivity index (χ0n) is 7.43. The van der Waals surface area contributed by atoms with Gasteiger partial charge in [0, 0.05) is 6.54 Å². The van der Waals surface area contributed by atoms with Crippen LogP contribution in [0.1, 0.15) is 12.8 Å². The van der Waals surface area contributed by atoms with E-state index in [0.29, 0.717) is 12.3 Å². The Kier molecular flexibility index (Phi) is 3.29. The van der Waals surface area contributed by atoms with Crippen molar-refractivity contribution in [3.63, 3.8) is 0 Å². The standard InChI is InChI=1S/C9H15NO2/c1-7(5-9(11)12-2)8-3-4-10-6-8/h8,10H,1,3-6H2,2H3. The van der Waals surface area contributed by atoms with Crippen LogP contribution in [0.3, 0.4) is 0 Å². The van der Waals surface area contributed by atoms with Gasteiger partial charge in [0.1, 0.15) is 0 Å². The second kappa shape index (κ2) is 4.26. The van der Waals surface area contributed by atoms with Gasteiger partial charge in [0.2, 0.25) is 0 Å². The molecular weight excluding hydrogens is 154 g/mol. The zero-order valence-corrected chi connectivity index (χ0v) is 7.43. The Labute approximate surface area is 72.8 Å².